The molecule has 0 aliphatic carbocycles. The van der Waals surface area contributed by atoms with Gasteiger partial charge in [-0.3, -0.25) is 4.79 Å². The number of hydrogen-bond acceptors (Lipinski definition) is 5. The zero-order chi connectivity index (χ0) is 11.7. The minimum Gasteiger partial charge on any atom is -0.354 e. The van der Waals surface area contributed by atoms with Crippen LogP contribution in [0.15, 0.2) is 6.20 Å². The van der Waals surface area contributed by atoms with Crippen LogP contribution in [0.5, 0.6) is 0 Å². The molecule has 1 amide bonds. The van der Waals surface area contributed by atoms with Crippen molar-refractivity contribution in [2.45, 2.75) is 31.7 Å². The van der Waals surface area contributed by atoms with Gasteiger partial charge in [0.2, 0.25) is 5.91 Å². The summed E-state index contributed by atoms with van der Waals surface area (Å²) in [4.78, 5) is 16.0. The third-order valence-electron chi connectivity index (χ3n) is 3.69. The Hall–Kier alpha value is -1.17. The Morgan fingerprint density at radius 1 is 1.29 bits per heavy atom. The highest BCUT2D eigenvalue weighted by molar-refractivity contribution is 6.99. The van der Waals surface area contributed by atoms with Crippen molar-refractivity contribution >= 4 is 23.5 Å². The summed E-state index contributed by atoms with van der Waals surface area (Å²) in [7, 11) is 0. The molecule has 0 N–H and O–H groups in total. The average molecular weight is 252 g/mol. The summed E-state index contributed by atoms with van der Waals surface area (Å²) in [5.41, 5.74) is 0. The first-order valence-electron chi connectivity index (χ1n) is 6.16. The Labute approximate surface area is 105 Å². The number of carbonyl (C=O) groups excluding carboxylic acids is 1. The van der Waals surface area contributed by atoms with Gasteiger partial charge in [-0.15, -0.1) is 0 Å². The first kappa shape index (κ1) is 11.0. The lowest BCUT2D eigenvalue weighted by atomic mass is 10.0. The molecule has 3 heterocycles. The molecule has 3 rings (SSSR count). The van der Waals surface area contributed by atoms with E-state index in [1.807, 2.05) is 6.20 Å². The zero-order valence-corrected chi connectivity index (χ0v) is 10.5. The summed E-state index contributed by atoms with van der Waals surface area (Å²) in [5, 5.41) is 0. The zero-order valence-electron chi connectivity index (χ0n) is 9.71. The van der Waals surface area contributed by atoms with Gasteiger partial charge in [0.1, 0.15) is 0 Å². The molecule has 0 aromatic carbocycles. The van der Waals surface area contributed by atoms with E-state index in [2.05, 4.69) is 18.5 Å². The SMILES string of the molecule is O=C1CCCN1C1CCN(c2cnsn2)CC1. The number of aromatic nitrogens is 2. The van der Waals surface area contributed by atoms with Gasteiger partial charge in [0, 0.05) is 32.1 Å². The molecule has 1 aromatic heterocycles. The van der Waals surface area contributed by atoms with Crippen molar-refractivity contribution in [3.8, 4) is 0 Å². The number of hydrogen-bond donors (Lipinski definition) is 0. The van der Waals surface area contributed by atoms with Gasteiger partial charge in [-0.25, -0.2) is 0 Å². The molecule has 2 fully saturated rings. The summed E-state index contributed by atoms with van der Waals surface area (Å²) in [6.07, 6.45) is 5.73. The van der Waals surface area contributed by atoms with E-state index in [1.54, 1.807) is 0 Å². The number of likely N-dealkylation sites (tertiary alicyclic amines) is 1. The van der Waals surface area contributed by atoms with Crippen molar-refractivity contribution in [2.75, 3.05) is 24.5 Å². The van der Waals surface area contributed by atoms with Crippen molar-refractivity contribution in [1.29, 1.82) is 0 Å². The molecule has 1 aromatic rings. The highest BCUT2D eigenvalue weighted by atomic mass is 32.1. The Balaban J connectivity index is 1.59. The molecule has 2 aliphatic rings. The van der Waals surface area contributed by atoms with Gasteiger partial charge >= 0.3 is 0 Å². The molecule has 0 radical (unpaired) electrons. The van der Waals surface area contributed by atoms with Crippen LogP contribution in [0.1, 0.15) is 25.7 Å². The van der Waals surface area contributed by atoms with Crippen LogP contribution in [-0.4, -0.2) is 45.2 Å². The molecule has 6 heteroatoms. The van der Waals surface area contributed by atoms with Gasteiger partial charge in [-0.1, -0.05) is 0 Å². The van der Waals surface area contributed by atoms with Gasteiger partial charge in [-0.2, -0.15) is 8.75 Å². The van der Waals surface area contributed by atoms with Gasteiger partial charge in [-0.05, 0) is 19.3 Å². The van der Waals surface area contributed by atoms with Crippen LogP contribution in [-0.2, 0) is 4.79 Å². The molecule has 2 aliphatic heterocycles. The molecule has 0 atom stereocenters. The second-order valence-electron chi connectivity index (χ2n) is 4.67. The van der Waals surface area contributed by atoms with Crippen LogP contribution in [0.2, 0.25) is 0 Å². The summed E-state index contributed by atoms with van der Waals surface area (Å²) in [5.74, 6) is 1.33. The molecule has 92 valence electrons. The maximum Gasteiger partial charge on any atom is 0.222 e. The third kappa shape index (κ3) is 2.13. The van der Waals surface area contributed by atoms with E-state index in [9.17, 15) is 4.79 Å². The molecule has 5 nitrogen and oxygen atoms in total. The van der Waals surface area contributed by atoms with E-state index in [-0.39, 0.29) is 0 Å². The summed E-state index contributed by atoms with van der Waals surface area (Å²) >= 11 is 1.25. The second-order valence-corrected chi connectivity index (χ2v) is 5.23. The lowest BCUT2D eigenvalue weighted by Gasteiger charge is -2.36. The monoisotopic (exact) mass is 252 g/mol. The standard InChI is InChI=1S/C11H16N4OS/c16-11-2-1-5-15(11)9-3-6-14(7-4-9)10-8-12-17-13-10/h8-9H,1-7H2. The minimum absolute atomic E-state index is 0.346. The van der Waals surface area contributed by atoms with Crippen molar-refractivity contribution in [2.24, 2.45) is 0 Å². The lowest BCUT2D eigenvalue weighted by Crippen LogP contribution is -2.45. The summed E-state index contributed by atoms with van der Waals surface area (Å²) in [6, 6.07) is 0.452. The van der Waals surface area contributed by atoms with Crippen LogP contribution < -0.4 is 4.90 Å². The number of piperidine rings is 1. The maximum atomic E-state index is 11.7. The van der Waals surface area contributed by atoms with E-state index in [0.29, 0.717) is 11.9 Å². The fourth-order valence-electron chi connectivity index (χ4n) is 2.76. The molecule has 0 bridgehead atoms. The molecule has 0 unspecified atom stereocenters. The smallest absolute Gasteiger partial charge is 0.222 e. The van der Waals surface area contributed by atoms with Gasteiger partial charge in [0.15, 0.2) is 5.82 Å². The average Bonchev–Trinajstić information content (AvgIpc) is 3.00. The first-order chi connectivity index (χ1) is 8.34. The Kier molecular flexibility index (Phi) is 2.96. The highest BCUT2D eigenvalue weighted by Gasteiger charge is 2.30. The largest absolute Gasteiger partial charge is 0.354 e. The predicted molar refractivity (Wildman–Crippen MR) is 66.1 cm³/mol. The lowest BCUT2D eigenvalue weighted by molar-refractivity contribution is -0.130. The number of amides is 1. The molecule has 2 saturated heterocycles. The molecule has 0 spiro atoms. The van der Waals surface area contributed by atoms with Crippen LogP contribution in [0, 0.1) is 0 Å². The van der Waals surface area contributed by atoms with Gasteiger partial charge in [0.25, 0.3) is 0 Å². The molecule has 17 heavy (non-hydrogen) atoms. The van der Waals surface area contributed by atoms with Crippen molar-refractivity contribution < 1.29 is 4.79 Å². The first-order valence-corrected chi connectivity index (χ1v) is 6.89. The van der Waals surface area contributed by atoms with Gasteiger partial charge < -0.3 is 9.80 Å². The predicted octanol–water partition coefficient (Wildman–Crippen LogP) is 1.13. The Morgan fingerprint density at radius 3 is 2.71 bits per heavy atom. The van der Waals surface area contributed by atoms with E-state index in [0.717, 1.165) is 51.1 Å². The minimum atomic E-state index is 0.346. The van der Waals surface area contributed by atoms with Crippen molar-refractivity contribution in [1.82, 2.24) is 13.6 Å². The Bertz CT molecular complexity index is 386. The van der Waals surface area contributed by atoms with Crippen LogP contribution in [0.3, 0.4) is 0 Å². The summed E-state index contributed by atoms with van der Waals surface area (Å²) in [6.45, 7) is 2.93. The van der Waals surface area contributed by atoms with Crippen LogP contribution in [0.4, 0.5) is 5.82 Å². The third-order valence-corrected chi connectivity index (χ3v) is 4.16. The molecular weight excluding hydrogens is 236 g/mol. The number of nitrogens with zero attached hydrogens (tertiary/aromatic N) is 4. The fourth-order valence-corrected chi connectivity index (χ4v) is 3.20. The number of rotatable bonds is 2. The van der Waals surface area contributed by atoms with E-state index in [4.69, 9.17) is 0 Å². The molecular formula is C11H16N4OS. The summed E-state index contributed by atoms with van der Waals surface area (Å²) < 4.78 is 8.28. The quantitative estimate of drug-likeness (QED) is 0.791. The Morgan fingerprint density at radius 2 is 2.12 bits per heavy atom. The van der Waals surface area contributed by atoms with E-state index < -0.39 is 0 Å². The highest BCUT2D eigenvalue weighted by Crippen LogP contribution is 2.24. The van der Waals surface area contributed by atoms with Crippen LogP contribution >= 0.6 is 11.7 Å². The maximum absolute atomic E-state index is 11.7. The molecule has 0 saturated carbocycles. The van der Waals surface area contributed by atoms with Gasteiger partial charge in [0.05, 0.1) is 17.9 Å². The number of anilines is 1. The van der Waals surface area contributed by atoms with E-state index in [1.165, 1.54) is 11.7 Å². The normalized spacial score (nSPS) is 22.5. The van der Waals surface area contributed by atoms with E-state index >= 15 is 0 Å². The fraction of sp³-hybridized carbons (Fsp3) is 0.727. The van der Waals surface area contributed by atoms with Crippen molar-refractivity contribution in [3.05, 3.63) is 6.20 Å². The number of carbonyl (C=O) groups is 1. The second kappa shape index (κ2) is 4.60. The van der Waals surface area contributed by atoms with Crippen molar-refractivity contribution in [3.63, 3.8) is 0 Å². The van der Waals surface area contributed by atoms with Crippen LogP contribution in [0.25, 0.3) is 0 Å². The topological polar surface area (TPSA) is 49.3 Å².